The summed E-state index contributed by atoms with van der Waals surface area (Å²) in [6, 6.07) is 7.38. The van der Waals surface area contributed by atoms with Crippen LogP contribution >= 0.6 is 0 Å². The van der Waals surface area contributed by atoms with E-state index in [2.05, 4.69) is 14.7 Å². The summed E-state index contributed by atoms with van der Waals surface area (Å²) < 4.78 is 34.0. The zero-order chi connectivity index (χ0) is 14.5. The van der Waals surface area contributed by atoms with Crippen LogP contribution in [-0.4, -0.2) is 23.7 Å². The van der Waals surface area contributed by atoms with Crippen molar-refractivity contribution < 1.29 is 18.3 Å². The molecule has 1 aromatic carbocycles. The van der Waals surface area contributed by atoms with Crippen LogP contribution in [0.1, 0.15) is 5.69 Å². The number of alkyl halides is 2. The molecule has 0 saturated carbocycles. The fourth-order valence-electron chi connectivity index (χ4n) is 1.72. The summed E-state index contributed by atoms with van der Waals surface area (Å²) in [6.45, 7) is -2.81. The van der Waals surface area contributed by atoms with Gasteiger partial charge in [-0.05, 0) is 12.1 Å². The lowest BCUT2D eigenvalue weighted by molar-refractivity contribution is -0.0494. The van der Waals surface area contributed by atoms with Crippen molar-refractivity contribution in [1.29, 1.82) is 0 Å². The van der Waals surface area contributed by atoms with E-state index in [-0.39, 0.29) is 23.7 Å². The molecule has 1 heterocycles. The van der Waals surface area contributed by atoms with E-state index in [1.165, 1.54) is 25.3 Å². The number of halogens is 2. The summed E-state index contributed by atoms with van der Waals surface area (Å²) in [4.78, 5) is 18.2. The number of hydrogen-bond acceptors (Lipinski definition) is 4. The topological polar surface area (TPSA) is 64.2 Å². The number of rotatable bonds is 5. The average molecular weight is 282 g/mol. The quantitative estimate of drug-likeness (QED) is 0.913. The summed E-state index contributed by atoms with van der Waals surface area (Å²) in [5.74, 6) is 0.0982. The standard InChI is InChI=1S/C13H12F2N2O3/c1-19-7-8-6-11(18)17-12(16-8)9-4-2-3-5-10(9)20-13(14)15/h2-6,13H,7H2,1H3,(H,16,17,18). The molecule has 1 aromatic heterocycles. The zero-order valence-electron chi connectivity index (χ0n) is 10.6. The van der Waals surface area contributed by atoms with Crippen molar-refractivity contribution in [1.82, 2.24) is 9.97 Å². The zero-order valence-corrected chi connectivity index (χ0v) is 10.6. The molecule has 0 saturated heterocycles. The highest BCUT2D eigenvalue weighted by Gasteiger charge is 2.13. The van der Waals surface area contributed by atoms with Gasteiger partial charge in [0.25, 0.3) is 5.56 Å². The highest BCUT2D eigenvalue weighted by atomic mass is 19.3. The monoisotopic (exact) mass is 282 g/mol. The molecular weight excluding hydrogens is 270 g/mol. The van der Waals surface area contributed by atoms with Gasteiger partial charge in [0, 0.05) is 13.2 Å². The van der Waals surface area contributed by atoms with Crippen molar-refractivity contribution in [3.8, 4) is 17.1 Å². The maximum Gasteiger partial charge on any atom is 0.387 e. The minimum absolute atomic E-state index is 0.0554. The third-order valence-corrected chi connectivity index (χ3v) is 2.45. The molecular formula is C13H12F2N2O3. The van der Waals surface area contributed by atoms with Crippen molar-refractivity contribution in [3.63, 3.8) is 0 Å². The number of para-hydroxylation sites is 1. The molecule has 0 amide bonds. The second-order valence-electron chi connectivity index (χ2n) is 3.89. The number of hydrogen-bond donors (Lipinski definition) is 1. The molecule has 106 valence electrons. The van der Waals surface area contributed by atoms with E-state index in [0.29, 0.717) is 5.69 Å². The summed E-state index contributed by atoms with van der Waals surface area (Å²) in [5, 5.41) is 0. The van der Waals surface area contributed by atoms with Gasteiger partial charge < -0.3 is 14.5 Å². The smallest absolute Gasteiger partial charge is 0.387 e. The SMILES string of the molecule is COCc1cc(=O)[nH]c(-c2ccccc2OC(F)F)n1. The molecule has 0 spiro atoms. The number of benzene rings is 1. The minimum Gasteiger partial charge on any atom is -0.434 e. The number of ether oxygens (including phenoxy) is 2. The normalized spacial score (nSPS) is 10.8. The first-order valence-corrected chi connectivity index (χ1v) is 5.73. The fourth-order valence-corrected chi connectivity index (χ4v) is 1.72. The number of aromatic amines is 1. The Labute approximate surface area is 113 Å². The summed E-state index contributed by atoms with van der Waals surface area (Å²) in [6.07, 6.45) is 0. The molecule has 0 aliphatic carbocycles. The lowest BCUT2D eigenvalue weighted by Crippen LogP contribution is -2.12. The summed E-state index contributed by atoms with van der Waals surface area (Å²) >= 11 is 0. The van der Waals surface area contributed by atoms with Crippen LogP contribution in [0.3, 0.4) is 0 Å². The molecule has 0 fully saturated rings. The molecule has 0 unspecified atom stereocenters. The third kappa shape index (κ3) is 3.39. The van der Waals surface area contributed by atoms with Crippen LogP contribution < -0.4 is 10.3 Å². The van der Waals surface area contributed by atoms with Gasteiger partial charge in [0.05, 0.1) is 17.9 Å². The van der Waals surface area contributed by atoms with Gasteiger partial charge in [-0.15, -0.1) is 0 Å². The Morgan fingerprint density at radius 2 is 2.10 bits per heavy atom. The minimum atomic E-state index is -2.95. The van der Waals surface area contributed by atoms with Gasteiger partial charge in [0.2, 0.25) is 0 Å². The van der Waals surface area contributed by atoms with Gasteiger partial charge in [-0.3, -0.25) is 4.79 Å². The lowest BCUT2D eigenvalue weighted by atomic mass is 10.2. The molecule has 1 N–H and O–H groups in total. The predicted octanol–water partition coefficient (Wildman–Crippen LogP) is 2.18. The first-order chi connectivity index (χ1) is 9.60. The van der Waals surface area contributed by atoms with Gasteiger partial charge in [-0.25, -0.2) is 4.98 Å². The molecule has 2 rings (SSSR count). The first-order valence-electron chi connectivity index (χ1n) is 5.73. The Hall–Kier alpha value is -2.28. The Bertz CT molecular complexity index is 644. The molecule has 0 aliphatic rings. The van der Waals surface area contributed by atoms with E-state index in [9.17, 15) is 13.6 Å². The first kappa shape index (κ1) is 14.1. The van der Waals surface area contributed by atoms with Crippen molar-refractivity contribution in [3.05, 3.63) is 46.4 Å². The molecule has 5 nitrogen and oxygen atoms in total. The maximum absolute atomic E-state index is 12.4. The Morgan fingerprint density at radius 1 is 1.35 bits per heavy atom. The number of aromatic nitrogens is 2. The van der Waals surface area contributed by atoms with Crippen LogP contribution in [0.5, 0.6) is 5.75 Å². The van der Waals surface area contributed by atoms with E-state index in [4.69, 9.17) is 4.74 Å². The van der Waals surface area contributed by atoms with Crippen molar-refractivity contribution in [2.45, 2.75) is 13.2 Å². The summed E-state index contributed by atoms with van der Waals surface area (Å²) in [7, 11) is 1.47. The predicted molar refractivity (Wildman–Crippen MR) is 67.6 cm³/mol. The second kappa shape index (κ2) is 6.25. The molecule has 0 radical (unpaired) electrons. The molecule has 0 bridgehead atoms. The van der Waals surface area contributed by atoms with Crippen LogP contribution in [0, 0.1) is 0 Å². The van der Waals surface area contributed by atoms with E-state index >= 15 is 0 Å². The van der Waals surface area contributed by atoms with Crippen LogP contribution in [-0.2, 0) is 11.3 Å². The van der Waals surface area contributed by atoms with Gasteiger partial charge in [-0.1, -0.05) is 12.1 Å². The van der Waals surface area contributed by atoms with Crippen LogP contribution in [0.2, 0.25) is 0 Å². The highest BCUT2D eigenvalue weighted by molar-refractivity contribution is 5.63. The number of nitrogens with zero attached hydrogens (tertiary/aromatic N) is 1. The molecule has 0 aliphatic heterocycles. The Morgan fingerprint density at radius 3 is 2.80 bits per heavy atom. The van der Waals surface area contributed by atoms with Crippen molar-refractivity contribution in [2.75, 3.05) is 7.11 Å². The fraction of sp³-hybridized carbons (Fsp3) is 0.231. The summed E-state index contributed by atoms with van der Waals surface area (Å²) in [5.41, 5.74) is 0.287. The van der Waals surface area contributed by atoms with Crippen LogP contribution in [0.4, 0.5) is 8.78 Å². The number of H-pyrrole nitrogens is 1. The second-order valence-corrected chi connectivity index (χ2v) is 3.89. The van der Waals surface area contributed by atoms with Gasteiger partial charge in [-0.2, -0.15) is 8.78 Å². The molecule has 0 atom stereocenters. The van der Waals surface area contributed by atoms with Gasteiger partial charge in [0.15, 0.2) is 0 Å². The van der Waals surface area contributed by atoms with Gasteiger partial charge in [0.1, 0.15) is 11.6 Å². The van der Waals surface area contributed by atoms with E-state index in [1.54, 1.807) is 12.1 Å². The van der Waals surface area contributed by atoms with E-state index < -0.39 is 12.2 Å². The van der Waals surface area contributed by atoms with Crippen LogP contribution in [0.15, 0.2) is 35.1 Å². The van der Waals surface area contributed by atoms with Crippen LogP contribution in [0.25, 0.3) is 11.4 Å². The van der Waals surface area contributed by atoms with E-state index in [0.717, 1.165) is 0 Å². The highest BCUT2D eigenvalue weighted by Crippen LogP contribution is 2.27. The average Bonchev–Trinajstić information content (AvgIpc) is 2.38. The maximum atomic E-state index is 12.4. The third-order valence-electron chi connectivity index (χ3n) is 2.45. The Kier molecular flexibility index (Phi) is 4.41. The molecule has 2 aromatic rings. The lowest BCUT2D eigenvalue weighted by Gasteiger charge is -2.10. The Balaban J connectivity index is 2.48. The van der Waals surface area contributed by atoms with E-state index in [1.807, 2.05) is 0 Å². The number of methoxy groups -OCH3 is 1. The van der Waals surface area contributed by atoms with Crippen molar-refractivity contribution >= 4 is 0 Å². The van der Waals surface area contributed by atoms with Crippen molar-refractivity contribution in [2.24, 2.45) is 0 Å². The van der Waals surface area contributed by atoms with Gasteiger partial charge >= 0.3 is 6.61 Å². The molecule has 20 heavy (non-hydrogen) atoms. The molecule has 7 heteroatoms. The number of nitrogens with one attached hydrogen (secondary N) is 1. The largest absolute Gasteiger partial charge is 0.434 e.